The molecule has 1 heterocycles. The Morgan fingerprint density at radius 3 is 2.85 bits per heavy atom. The van der Waals surface area contributed by atoms with Crippen LogP contribution in [0.3, 0.4) is 0 Å². The number of hydrogen-bond donors (Lipinski definition) is 0. The summed E-state index contributed by atoms with van der Waals surface area (Å²) in [7, 11) is 0. The Morgan fingerprint density at radius 1 is 1.35 bits per heavy atom. The van der Waals surface area contributed by atoms with Crippen LogP contribution >= 0.6 is 11.6 Å². The van der Waals surface area contributed by atoms with Gasteiger partial charge in [-0.25, -0.2) is 4.39 Å². The van der Waals surface area contributed by atoms with Crippen molar-refractivity contribution in [3.63, 3.8) is 0 Å². The van der Waals surface area contributed by atoms with E-state index in [0.717, 1.165) is 12.5 Å². The fourth-order valence-electron chi connectivity index (χ4n) is 1.67. The summed E-state index contributed by atoms with van der Waals surface area (Å²) < 4.78 is 18.4. The van der Waals surface area contributed by atoms with E-state index in [1.807, 2.05) is 6.92 Å². The van der Waals surface area contributed by atoms with Gasteiger partial charge in [0.15, 0.2) is 5.78 Å². The average Bonchev–Trinajstić information content (AvgIpc) is 2.45. The number of halogens is 2. The number of hydrogen-bond acceptors (Lipinski definition) is 3. The van der Waals surface area contributed by atoms with E-state index < -0.39 is 5.82 Å². The van der Waals surface area contributed by atoms with Gasteiger partial charge in [0, 0.05) is 17.3 Å². The summed E-state index contributed by atoms with van der Waals surface area (Å²) >= 11 is 5.89. The van der Waals surface area contributed by atoms with Crippen LogP contribution in [0.5, 0.6) is 5.75 Å². The van der Waals surface area contributed by atoms with Crippen LogP contribution in [0, 0.1) is 5.82 Å². The number of rotatable bonds is 5. The predicted molar refractivity (Wildman–Crippen MR) is 74.9 cm³/mol. The first kappa shape index (κ1) is 14.5. The van der Waals surface area contributed by atoms with Crippen LogP contribution < -0.4 is 4.74 Å². The second-order valence-electron chi connectivity index (χ2n) is 4.21. The minimum atomic E-state index is -0.482. The number of carbonyl (C=O) groups is 1. The van der Waals surface area contributed by atoms with Crippen molar-refractivity contribution in [1.29, 1.82) is 0 Å². The Bertz CT molecular complexity index is 631. The monoisotopic (exact) mass is 293 g/mol. The second-order valence-corrected chi connectivity index (χ2v) is 4.62. The zero-order chi connectivity index (χ0) is 14.5. The van der Waals surface area contributed by atoms with Crippen LogP contribution in [-0.4, -0.2) is 17.4 Å². The van der Waals surface area contributed by atoms with Crippen LogP contribution in [0.25, 0.3) is 0 Å². The highest BCUT2D eigenvalue weighted by atomic mass is 35.5. The fraction of sp³-hybridized carbons (Fsp3) is 0.200. The maximum Gasteiger partial charge on any atom is 0.196 e. The van der Waals surface area contributed by atoms with Gasteiger partial charge >= 0.3 is 0 Å². The second kappa shape index (κ2) is 6.48. The third-order valence-electron chi connectivity index (χ3n) is 2.62. The molecule has 0 fully saturated rings. The van der Waals surface area contributed by atoms with Gasteiger partial charge in [-0.2, -0.15) is 0 Å². The van der Waals surface area contributed by atoms with E-state index in [1.54, 1.807) is 12.3 Å². The summed E-state index contributed by atoms with van der Waals surface area (Å²) in [5, 5.41) is 0.0786. The molecule has 0 aliphatic carbocycles. The normalized spacial score (nSPS) is 10.3. The lowest BCUT2D eigenvalue weighted by Crippen LogP contribution is -2.04. The largest absolute Gasteiger partial charge is 0.492 e. The van der Waals surface area contributed by atoms with Crippen LogP contribution in [0.4, 0.5) is 4.39 Å². The van der Waals surface area contributed by atoms with Crippen molar-refractivity contribution in [2.75, 3.05) is 6.61 Å². The topological polar surface area (TPSA) is 39.2 Å². The van der Waals surface area contributed by atoms with E-state index in [9.17, 15) is 9.18 Å². The van der Waals surface area contributed by atoms with Gasteiger partial charge < -0.3 is 4.74 Å². The molecule has 104 valence electrons. The maximum atomic E-state index is 13.0. The van der Waals surface area contributed by atoms with Crippen LogP contribution in [0.1, 0.15) is 29.3 Å². The maximum absolute atomic E-state index is 13.0. The first-order valence-electron chi connectivity index (χ1n) is 6.19. The van der Waals surface area contributed by atoms with E-state index >= 15 is 0 Å². The SMILES string of the molecule is CCCOc1cncc(C(=O)c2ccc(F)cc2Cl)c1. The lowest BCUT2D eigenvalue weighted by Gasteiger charge is -2.07. The summed E-state index contributed by atoms with van der Waals surface area (Å²) in [6.07, 6.45) is 3.83. The van der Waals surface area contributed by atoms with Crippen molar-refractivity contribution in [3.05, 3.63) is 58.6 Å². The van der Waals surface area contributed by atoms with Gasteiger partial charge in [0.05, 0.1) is 17.8 Å². The molecule has 0 atom stereocenters. The van der Waals surface area contributed by atoms with Gasteiger partial charge in [0.1, 0.15) is 11.6 Å². The number of carbonyl (C=O) groups excluding carboxylic acids is 1. The molecule has 2 aromatic rings. The molecule has 0 radical (unpaired) electrons. The molecule has 20 heavy (non-hydrogen) atoms. The van der Waals surface area contributed by atoms with E-state index in [0.29, 0.717) is 17.9 Å². The summed E-state index contributed by atoms with van der Waals surface area (Å²) in [5.41, 5.74) is 0.592. The molecule has 0 spiro atoms. The molecular formula is C15H13ClFNO2. The molecule has 1 aromatic carbocycles. The molecular weight excluding hydrogens is 281 g/mol. The van der Waals surface area contributed by atoms with Gasteiger partial charge in [0.2, 0.25) is 0 Å². The smallest absolute Gasteiger partial charge is 0.196 e. The van der Waals surface area contributed by atoms with E-state index in [2.05, 4.69) is 4.98 Å². The van der Waals surface area contributed by atoms with Crippen molar-refractivity contribution in [1.82, 2.24) is 4.98 Å². The third-order valence-corrected chi connectivity index (χ3v) is 2.94. The zero-order valence-electron chi connectivity index (χ0n) is 10.9. The molecule has 5 heteroatoms. The Morgan fingerprint density at radius 2 is 2.15 bits per heavy atom. The molecule has 0 aliphatic rings. The summed E-state index contributed by atoms with van der Waals surface area (Å²) in [6, 6.07) is 5.27. The van der Waals surface area contributed by atoms with Gasteiger partial charge in [-0.15, -0.1) is 0 Å². The standard InChI is InChI=1S/C15H13ClFNO2/c1-2-5-20-12-6-10(8-18-9-12)15(19)13-4-3-11(17)7-14(13)16/h3-4,6-9H,2,5H2,1H3. The molecule has 0 unspecified atom stereocenters. The highest BCUT2D eigenvalue weighted by molar-refractivity contribution is 6.35. The first-order valence-corrected chi connectivity index (χ1v) is 6.57. The average molecular weight is 294 g/mol. The number of ether oxygens (including phenoxy) is 1. The lowest BCUT2D eigenvalue weighted by molar-refractivity contribution is 0.103. The molecule has 0 amide bonds. The van der Waals surface area contributed by atoms with Crippen LogP contribution in [-0.2, 0) is 0 Å². The van der Waals surface area contributed by atoms with E-state index in [4.69, 9.17) is 16.3 Å². The minimum Gasteiger partial charge on any atom is -0.492 e. The highest BCUT2D eigenvalue weighted by Crippen LogP contribution is 2.22. The summed E-state index contributed by atoms with van der Waals surface area (Å²) in [5.74, 6) is -0.273. The molecule has 3 nitrogen and oxygen atoms in total. The van der Waals surface area contributed by atoms with Crippen molar-refractivity contribution >= 4 is 17.4 Å². The number of nitrogens with zero attached hydrogens (tertiary/aromatic N) is 1. The molecule has 0 saturated carbocycles. The van der Waals surface area contributed by atoms with Gasteiger partial charge in [-0.05, 0) is 30.7 Å². The summed E-state index contributed by atoms with van der Waals surface area (Å²) in [6.45, 7) is 2.54. The van der Waals surface area contributed by atoms with Crippen LogP contribution in [0.2, 0.25) is 5.02 Å². The van der Waals surface area contributed by atoms with Crippen molar-refractivity contribution in [3.8, 4) is 5.75 Å². The first-order chi connectivity index (χ1) is 9.61. The third kappa shape index (κ3) is 3.33. The molecule has 1 aromatic heterocycles. The van der Waals surface area contributed by atoms with Crippen molar-refractivity contribution < 1.29 is 13.9 Å². The Labute approximate surface area is 121 Å². The van der Waals surface area contributed by atoms with Gasteiger partial charge in [-0.1, -0.05) is 18.5 Å². The summed E-state index contributed by atoms with van der Waals surface area (Å²) in [4.78, 5) is 16.3. The lowest BCUT2D eigenvalue weighted by atomic mass is 10.0. The molecule has 0 bridgehead atoms. The van der Waals surface area contributed by atoms with Gasteiger partial charge in [0.25, 0.3) is 0 Å². The number of benzene rings is 1. The Balaban J connectivity index is 2.28. The van der Waals surface area contributed by atoms with Crippen molar-refractivity contribution in [2.45, 2.75) is 13.3 Å². The number of aromatic nitrogens is 1. The minimum absolute atomic E-state index is 0.0786. The molecule has 2 rings (SSSR count). The van der Waals surface area contributed by atoms with Gasteiger partial charge in [-0.3, -0.25) is 9.78 Å². The van der Waals surface area contributed by atoms with Crippen LogP contribution in [0.15, 0.2) is 36.7 Å². The quantitative estimate of drug-likeness (QED) is 0.785. The zero-order valence-corrected chi connectivity index (χ0v) is 11.7. The molecule has 0 saturated heterocycles. The Kier molecular flexibility index (Phi) is 4.69. The number of pyridine rings is 1. The predicted octanol–water partition coefficient (Wildman–Crippen LogP) is 3.89. The fourth-order valence-corrected chi connectivity index (χ4v) is 1.92. The highest BCUT2D eigenvalue weighted by Gasteiger charge is 2.14. The van der Waals surface area contributed by atoms with Crippen molar-refractivity contribution in [2.24, 2.45) is 0 Å². The number of ketones is 1. The van der Waals surface area contributed by atoms with E-state index in [-0.39, 0.29) is 16.4 Å². The molecule has 0 aliphatic heterocycles. The molecule has 0 N–H and O–H groups in total. The van der Waals surface area contributed by atoms with E-state index in [1.165, 1.54) is 18.3 Å². The Hall–Kier alpha value is -1.94.